The molecule has 160 valence electrons. The van der Waals surface area contributed by atoms with Crippen molar-refractivity contribution >= 4 is 25.8 Å². The molecule has 0 saturated carbocycles. The number of hydrogen-bond donors (Lipinski definition) is 0. The van der Waals surface area contributed by atoms with Gasteiger partial charge in [0.05, 0.1) is 30.3 Å². The third kappa shape index (κ3) is 6.01. The molecule has 0 bridgehead atoms. The molecule has 1 atom stereocenters. The average molecular weight is 446 g/mol. The van der Waals surface area contributed by atoms with Crippen LogP contribution in [-0.2, 0) is 34.1 Å². The maximum atomic E-state index is 12.5. The maximum Gasteiger partial charge on any atom is 0.306 e. The Bertz CT molecular complexity index is 948. The van der Waals surface area contributed by atoms with Gasteiger partial charge >= 0.3 is 5.97 Å². The van der Waals surface area contributed by atoms with Crippen molar-refractivity contribution in [1.82, 2.24) is 4.31 Å². The summed E-state index contributed by atoms with van der Waals surface area (Å²) in [6, 6.07) is 6.03. The smallest absolute Gasteiger partial charge is 0.306 e. The molecule has 0 spiro atoms. The molecule has 1 unspecified atom stereocenters. The Balaban J connectivity index is 1.41. The first-order valence-electron chi connectivity index (χ1n) is 9.14. The van der Waals surface area contributed by atoms with Crippen LogP contribution in [0.4, 0.5) is 0 Å². The van der Waals surface area contributed by atoms with E-state index >= 15 is 0 Å². The predicted molar refractivity (Wildman–Crippen MR) is 104 cm³/mol. The molecule has 1 fully saturated rings. The van der Waals surface area contributed by atoms with Gasteiger partial charge in [-0.05, 0) is 24.3 Å². The van der Waals surface area contributed by atoms with Crippen molar-refractivity contribution in [3.05, 3.63) is 35.7 Å². The van der Waals surface area contributed by atoms with E-state index in [1.165, 1.54) is 22.5 Å². The molecule has 29 heavy (non-hydrogen) atoms. The minimum atomic E-state index is -3.55. The van der Waals surface area contributed by atoms with Crippen molar-refractivity contribution in [3.8, 4) is 5.75 Å². The van der Waals surface area contributed by atoms with Crippen molar-refractivity contribution in [3.63, 3.8) is 0 Å². The number of benzene rings is 1. The van der Waals surface area contributed by atoms with Gasteiger partial charge in [0.1, 0.15) is 19.0 Å². The fraction of sp³-hybridized carbons (Fsp3) is 0.500. The molecule has 0 aliphatic carbocycles. The molecule has 2 heterocycles. The summed E-state index contributed by atoms with van der Waals surface area (Å²) < 4.78 is 64.8. The van der Waals surface area contributed by atoms with Gasteiger partial charge < -0.3 is 14.2 Å². The Morgan fingerprint density at radius 2 is 1.83 bits per heavy atom. The number of sulfonamides is 1. The second-order valence-corrected chi connectivity index (χ2v) is 10.5. The van der Waals surface area contributed by atoms with Crippen LogP contribution in [0.5, 0.6) is 5.75 Å². The van der Waals surface area contributed by atoms with Crippen LogP contribution in [0.1, 0.15) is 6.42 Å². The standard InChI is InChI=1S/C18H23NO8S2/c20-18(13-15-5-12-28(21,22)14-15)27-11-10-26-16-1-3-17(4-2-16)29(23,24)19-6-8-25-9-7-19/h1-5,12,15H,6-11,13-14H2. The number of allylic oxidation sites excluding steroid dienone is 1. The summed E-state index contributed by atoms with van der Waals surface area (Å²) >= 11 is 0. The first-order valence-corrected chi connectivity index (χ1v) is 12.3. The van der Waals surface area contributed by atoms with Crippen LogP contribution >= 0.6 is 0 Å². The van der Waals surface area contributed by atoms with Crippen LogP contribution < -0.4 is 4.74 Å². The van der Waals surface area contributed by atoms with E-state index in [0.29, 0.717) is 32.1 Å². The fourth-order valence-electron chi connectivity index (χ4n) is 3.00. The van der Waals surface area contributed by atoms with E-state index < -0.39 is 25.8 Å². The van der Waals surface area contributed by atoms with E-state index in [9.17, 15) is 21.6 Å². The Morgan fingerprint density at radius 3 is 2.45 bits per heavy atom. The lowest BCUT2D eigenvalue weighted by Crippen LogP contribution is -2.40. The molecule has 9 nitrogen and oxygen atoms in total. The average Bonchev–Trinajstić information content (AvgIpc) is 3.04. The number of ether oxygens (including phenoxy) is 3. The Hall–Kier alpha value is -1.95. The molecule has 1 aromatic carbocycles. The van der Waals surface area contributed by atoms with E-state index in [4.69, 9.17) is 14.2 Å². The van der Waals surface area contributed by atoms with Gasteiger partial charge in [-0.15, -0.1) is 0 Å². The molecule has 2 aliphatic heterocycles. The third-order valence-electron chi connectivity index (χ3n) is 4.48. The highest BCUT2D eigenvalue weighted by molar-refractivity contribution is 7.94. The summed E-state index contributed by atoms with van der Waals surface area (Å²) in [5.74, 6) is -0.466. The minimum Gasteiger partial charge on any atom is -0.490 e. The van der Waals surface area contributed by atoms with Gasteiger partial charge in [-0.3, -0.25) is 4.79 Å². The molecule has 1 saturated heterocycles. The molecular weight excluding hydrogens is 422 g/mol. The molecule has 11 heteroatoms. The Labute approximate surface area is 170 Å². The molecule has 0 radical (unpaired) electrons. The summed E-state index contributed by atoms with van der Waals surface area (Å²) in [4.78, 5) is 11.9. The summed E-state index contributed by atoms with van der Waals surface area (Å²) in [7, 11) is -6.74. The highest BCUT2D eigenvalue weighted by Gasteiger charge is 2.26. The third-order valence-corrected chi connectivity index (χ3v) is 7.86. The SMILES string of the molecule is O=C(CC1C=CS(=O)(=O)C1)OCCOc1ccc(S(=O)(=O)N2CCOCC2)cc1. The maximum absolute atomic E-state index is 12.5. The van der Waals surface area contributed by atoms with Crippen LogP contribution in [0, 0.1) is 5.92 Å². The van der Waals surface area contributed by atoms with Crippen molar-refractivity contribution in [1.29, 1.82) is 0 Å². The predicted octanol–water partition coefficient (Wildman–Crippen LogP) is 0.578. The lowest BCUT2D eigenvalue weighted by atomic mass is 10.1. The van der Waals surface area contributed by atoms with Gasteiger partial charge in [-0.2, -0.15) is 4.31 Å². The quantitative estimate of drug-likeness (QED) is 0.421. The molecule has 1 aromatic rings. The summed E-state index contributed by atoms with van der Waals surface area (Å²) in [6.45, 7) is 1.52. The van der Waals surface area contributed by atoms with Crippen LogP contribution in [0.15, 0.2) is 40.6 Å². The molecule has 0 aromatic heterocycles. The number of carbonyl (C=O) groups excluding carboxylic acids is 1. The van der Waals surface area contributed by atoms with E-state index in [1.54, 1.807) is 12.1 Å². The van der Waals surface area contributed by atoms with Gasteiger partial charge in [-0.25, -0.2) is 16.8 Å². The zero-order valence-electron chi connectivity index (χ0n) is 15.7. The number of morpholine rings is 1. The normalized spacial score (nSPS) is 21.7. The molecule has 3 rings (SSSR count). The largest absolute Gasteiger partial charge is 0.490 e. The Morgan fingerprint density at radius 1 is 1.14 bits per heavy atom. The second kappa shape index (κ2) is 9.24. The summed E-state index contributed by atoms with van der Waals surface area (Å²) in [5.41, 5.74) is 0. The highest BCUT2D eigenvalue weighted by Crippen LogP contribution is 2.21. The zero-order valence-corrected chi connectivity index (χ0v) is 17.4. The van der Waals surface area contributed by atoms with Gasteiger partial charge in [0.25, 0.3) is 0 Å². The van der Waals surface area contributed by atoms with Gasteiger partial charge in [-0.1, -0.05) is 6.08 Å². The topological polar surface area (TPSA) is 116 Å². The van der Waals surface area contributed by atoms with Crippen LogP contribution in [0.2, 0.25) is 0 Å². The Kier molecular flexibility index (Phi) is 6.93. The van der Waals surface area contributed by atoms with E-state index in [0.717, 1.165) is 5.41 Å². The molecule has 0 N–H and O–H groups in total. The highest BCUT2D eigenvalue weighted by atomic mass is 32.2. The van der Waals surface area contributed by atoms with E-state index in [1.807, 2.05) is 0 Å². The van der Waals surface area contributed by atoms with Crippen LogP contribution in [0.25, 0.3) is 0 Å². The van der Waals surface area contributed by atoms with Crippen molar-refractivity contribution in [2.24, 2.45) is 5.92 Å². The second-order valence-electron chi connectivity index (χ2n) is 6.68. The number of hydrogen-bond acceptors (Lipinski definition) is 8. The number of esters is 1. The van der Waals surface area contributed by atoms with E-state index in [2.05, 4.69) is 0 Å². The van der Waals surface area contributed by atoms with Crippen LogP contribution in [0.3, 0.4) is 0 Å². The summed E-state index contributed by atoms with van der Waals surface area (Å²) in [5, 5.41) is 1.12. The van der Waals surface area contributed by atoms with Crippen molar-refractivity contribution < 1.29 is 35.8 Å². The van der Waals surface area contributed by atoms with Crippen LogP contribution in [-0.4, -0.2) is 72.4 Å². The van der Waals surface area contributed by atoms with Gasteiger partial charge in [0.2, 0.25) is 10.0 Å². The van der Waals surface area contributed by atoms with Gasteiger partial charge in [0, 0.05) is 24.4 Å². The fourth-order valence-corrected chi connectivity index (χ4v) is 5.81. The van der Waals surface area contributed by atoms with Crippen molar-refractivity contribution in [2.45, 2.75) is 11.3 Å². The van der Waals surface area contributed by atoms with E-state index in [-0.39, 0.29) is 36.2 Å². The first-order chi connectivity index (χ1) is 13.8. The lowest BCUT2D eigenvalue weighted by molar-refractivity contribution is -0.144. The number of sulfone groups is 1. The number of nitrogens with zero attached hydrogens (tertiary/aromatic N) is 1. The first kappa shape index (κ1) is 21.8. The summed E-state index contributed by atoms with van der Waals surface area (Å²) in [6.07, 6.45) is 1.50. The monoisotopic (exact) mass is 445 g/mol. The van der Waals surface area contributed by atoms with Crippen molar-refractivity contribution in [2.75, 3.05) is 45.3 Å². The minimum absolute atomic E-state index is 0.00380. The lowest BCUT2D eigenvalue weighted by Gasteiger charge is -2.26. The molecular formula is C18H23NO8S2. The molecule has 0 amide bonds. The zero-order chi connectivity index (χ0) is 20.9. The number of carbonyl (C=O) groups is 1. The van der Waals surface area contributed by atoms with Gasteiger partial charge in [0.15, 0.2) is 9.84 Å². The molecule has 2 aliphatic rings. The number of rotatable bonds is 8.